The van der Waals surface area contributed by atoms with Crippen LogP contribution in [0.4, 0.5) is 11.4 Å². The Labute approximate surface area is 180 Å². The number of thiophene rings is 1. The summed E-state index contributed by atoms with van der Waals surface area (Å²) in [6, 6.07) is 17.3. The van der Waals surface area contributed by atoms with E-state index in [2.05, 4.69) is 49.5 Å². The van der Waals surface area contributed by atoms with E-state index < -0.39 is 4.92 Å². The van der Waals surface area contributed by atoms with Gasteiger partial charge in [-0.1, -0.05) is 56.3 Å². The van der Waals surface area contributed by atoms with Gasteiger partial charge in [0.05, 0.1) is 9.80 Å². The summed E-state index contributed by atoms with van der Waals surface area (Å²) in [6.07, 6.45) is 0. The Morgan fingerprint density at radius 2 is 1.80 bits per heavy atom. The van der Waals surface area contributed by atoms with Gasteiger partial charge in [-0.3, -0.25) is 14.9 Å². The second-order valence-corrected chi connectivity index (χ2v) is 8.51. The topological polar surface area (TPSA) is 88.9 Å². The molecule has 0 saturated heterocycles. The summed E-state index contributed by atoms with van der Waals surface area (Å²) in [4.78, 5) is 24.6. The minimum Gasteiger partial charge on any atom is -0.328 e. The van der Waals surface area contributed by atoms with Crippen molar-refractivity contribution in [3.63, 3.8) is 0 Å². The number of nitrogens with one attached hydrogen (secondary N) is 1. The van der Waals surface area contributed by atoms with Crippen LogP contribution in [0.3, 0.4) is 0 Å². The van der Waals surface area contributed by atoms with Crippen molar-refractivity contribution in [3.05, 3.63) is 91.7 Å². The van der Waals surface area contributed by atoms with Crippen LogP contribution in [0.5, 0.6) is 0 Å². The van der Waals surface area contributed by atoms with Gasteiger partial charge < -0.3 is 10.6 Å². The summed E-state index contributed by atoms with van der Waals surface area (Å²) in [7, 11) is 0. The first-order chi connectivity index (χ1) is 14.4. The molecule has 6 nitrogen and oxygen atoms in total. The van der Waals surface area contributed by atoms with Gasteiger partial charge in [-0.05, 0) is 35.4 Å². The van der Waals surface area contributed by atoms with E-state index >= 15 is 0 Å². The number of hydrogen-bond acceptors (Lipinski definition) is 4. The third-order valence-corrected chi connectivity index (χ3v) is 6.02. The number of aryl methyl sites for hydroxylation is 1. The van der Waals surface area contributed by atoms with Crippen molar-refractivity contribution >= 4 is 28.6 Å². The van der Waals surface area contributed by atoms with Crippen LogP contribution in [0.25, 0.3) is 0 Å². The molecule has 0 unspecified atom stereocenters. The number of hydrogen-bond donors (Lipinski definition) is 2. The molecule has 0 aliphatic heterocycles. The fraction of sp³-hybridized carbons (Fsp3) is 0.261. The minimum atomic E-state index is -0.475. The highest BCUT2D eigenvalue weighted by Crippen LogP contribution is 2.28. The first-order valence-electron chi connectivity index (χ1n) is 9.87. The zero-order valence-corrected chi connectivity index (χ0v) is 18.1. The summed E-state index contributed by atoms with van der Waals surface area (Å²) >= 11 is 1.65. The number of rotatable bonds is 8. The van der Waals surface area contributed by atoms with E-state index in [1.807, 2.05) is 16.8 Å². The maximum atomic E-state index is 12.6. The lowest BCUT2D eigenvalue weighted by Gasteiger charge is -2.16. The third kappa shape index (κ3) is 5.11. The molecule has 0 aliphatic rings. The molecule has 3 rings (SSSR count). The van der Waals surface area contributed by atoms with Crippen molar-refractivity contribution in [2.45, 2.75) is 32.7 Å². The largest absolute Gasteiger partial charge is 0.328 e. The highest BCUT2D eigenvalue weighted by atomic mass is 32.1. The number of carbonyl (C=O) groups is 1. The number of carbonyl (C=O) groups excluding carboxylic acids is 1. The van der Waals surface area contributed by atoms with Gasteiger partial charge in [-0.2, -0.15) is 0 Å². The van der Waals surface area contributed by atoms with Crippen LogP contribution in [-0.2, 0) is 4.79 Å². The molecular weight excluding hydrogens is 398 g/mol. The molecule has 0 fully saturated rings. The van der Waals surface area contributed by atoms with Crippen molar-refractivity contribution in [1.82, 2.24) is 0 Å². The van der Waals surface area contributed by atoms with Crippen LogP contribution < -0.4 is 10.6 Å². The van der Waals surface area contributed by atoms with Gasteiger partial charge in [0.15, 0.2) is 6.54 Å². The number of benzene rings is 2. The highest BCUT2D eigenvalue weighted by molar-refractivity contribution is 7.10. The molecule has 2 aromatic carbocycles. The number of anilines is 1. The minimum absolute atomic E-state index is 0.0104. The number of nitrogens with zero attached hydrogens (tertiary/aromatic N) is 1. The predicted molar refractivity (Wildman–Crippen MR) is 120 cm³/mol. The van der Waals surface area contributed by atoms with Gasteiger partial charge in [0.25, 0.3) is 11.6 Å². The normalized spacial score (nSPS) is 12.0. The average molecular weight is 425 g/mol. The number of nitro groups is 1. The van der Waals surface area contributed by atoms with Crippen LogP contribution in [0.15, 0.2) is 60.0 Å². The molecule has 1 amide bonds. The molecule has 0 aliphatic carbocycles. The molecule has 0 spiro atoms. The van der Waals surface area contributed by atoms with E-state index in [0.717, 1.165) is 10.4 Å². The number of nitro benzene ring substituents is 1. The van der Waals surface area contributed by atoms with Gasteiger partial charge in [-0.15, -0.1) is 11.3 Å². The zero-order chi connectivity index (χ0) is 21.7. The van der Waals surface area contributed by atoms with Gasteiger partial charge in [0.1, 0.15) is 11.7 Å². The summed E-state index contributed by atoms with van der Waals surface area (Å²) in [5.74, 6) is 0.187. The van der Waals surface area contributed by atoms with E-state index in [9.17, 15) is 14.9 Å². The van der Waals surface area contributed by atoms with Crippen LogP contribution in [0.1, 0.15) is 47.4 Å². The molecule has 3 aromatic rings. The summed E-state index contributed by atoms with van der Waals surface area (Å²) in [5, 5.41) is 18.0. The highest BCUT2D eigenvalue weighted by Gasteiger charge is 2.22. The zero-order valence-electron chi connectivity index (χ0n) is 17.3. The second-order valence-electron chi connectivity index (χ2n) is 7.53. The van der Waals surface area contributed by atoms with Gasteiger partial charge >= 0.3 is 0 Å². The van der Waals surface area contributed by atoms with Crippen LogP contribution in [0, 0.1) is 17.0 Å². The van der Waals surface area contributed by atoms with Crippen LogP contribution in [0.2, 0.25) is 0 Å². The van der Waals surface area contributed by atoms with E-state index in [1.54, 1.807) is 30.4 Å². The van der Waals surface area contributed by atoms with Gasteiger partial charge in [0.2, 0.25) is 0 Å². The Bertz CT molecular complexity index is 1010. The van der Waals surface area contributed by atoms with E-state index in [0.29, 0.717) is 11.5 Å². The monoisotopic (exact) mass is 424 g/mol. The molecule has 7 heteroatoms. The Kier molecular flexibility index (Phi) is 6.97. The lowest BCUT2D eigenvalue weighted by Crippen LogP contribution is -2.87. The third-order valence-electron chi connectivity index (χ3n) is 5.06. The lowest BCUT2D eigenvalue weighted by molar-refractivity contribution is -0.675. The quantitative estimate of drug-likeness (QED) is 0.415. The second kappa shape index (κ2) is 9.65. The van der Waals surface area contributed by atoms with E-state index in [-0.39, 0.29) is 29.9 Å². The molecular formula is C23H26N3O3S+. The fourth-order valence-corrected chi connectivity index (χ4v) is 4.21. The van der Waals surface area contributed by atoms with Crippen molar-refractivity contribution in [1.29, 1.82) is 0 Å². The van der Waals surface area contributed by atoms with Gasteiger partial charge in [-0.25, -0.2) is 0 Å². The van der Waals surface area contributed by atoms with Crippen LogP contribution >= 0.6 is 11.3 Å². The molecule has 1 aromatic heterocycles. The fourth-order valence-electron chi connectivity index (χ4n) is 3.36. The average Bonchev–Trinajstić information content (AvgIpc) is 3.24. The molecule has 1 atom stereocenters. The van der Waals surface area contributed by atoms with E-state index in [4.69, 9.17) is 0 Å². The predicted octanol–water partition coefficient (Wildman–Crippen LogP) is 4.38. The van der Waals surface area contributed by atoms with Crippen molar-refractivity contribution in [2.75, 3.05) is 11.9 Å². The first-order valence-corrected chi connectivity index (χ1v) is 10.7. The molecule has 156 valence electrons. The SMILES string of the molecule is Cc1cccc([N+](=O)[O-])c1NC(=O)C[NH2+][C@H](c1ccc(C(C)C)cc1)c1cccs1. The molecule has 0 radical (unpaired) electrons. The van der Waals surface area contributed by atoms with Crippen molar-refractivity contribution in [2.24, 2.45) is 0 Å². The standard InChI is InChI=1S/C23H25N3O3S/c1-15(2)17-9-11-18(12-10-17)23(20-8-5-13-30-20)24-14-21(27)25-22-16(3)6-4-7-19(22)26(28)29/h4-13,15,23-24H,14H2,1-3H3,(H,25,27)/p+1/t23-/m1/s1. The number of nitrogens with two attached hydrogens (primary N) is 1. The summed E-state index contributed by atoms with van der Waals surface area (Å²) in [5.41, 5.74) is 3.22. The van der Waals surface area contributed by atoms with Gasteiger partial charge in [0, 0.05) is 11.6 Å². The number of para-hydroxylation sites is 1. The Morgan fingerprint density at radius 1 is 1.10 bits per heavy atom. The van der Waals surface area contributed by atoms with Crippen LogP contribution in [-0.4, -0.2) is 17.4 Å². The van der Waals surface area contributed by atoms with E-state index in [1.165, 1.54) is 11.6 Å². The molecule has 0 saturated carbocycles. The lowest BCUT2D eigenvalue weighted by atomic mass is 9.98. The molecule has 1 heterocycles. The maximum Gasteiger partial charge on any atom is 0.293 e. The molecule has 3 N–H and O–H groups in total. The molecule has 0 bridgehead atoms. The Morgan fingerprint density at radius 3 is 2.40 bits per heavy atom. The van der Waals surface area contributed by atoms with Crippen molar-refractivity contribution in [3.8, 4) is 0 Å². The summed E-state index contributed by atoms with van der Waals surface area (Å²) in [6.45, 7) is 6.22. The van der Waals surface area contributed by atoms with Crippen molar-refractivity contribution < 1.29 is 15.0 Å². The number of amides is 1. The Balaban J connectivity index is 1.75. The summed E-state index contributed by atoms with van der Waals surface area (Å²) < 4.78 is 0. The smallest absolute Gasteiger partial charge is 0.293 e. The maximum absolute atomic E-state index is 12.6. The Hall–Kier alpha value is -3.03. The number of quaternary nitrogens is 1. The molecule has 30 heavy (non-hydrogen) atoms. The first kappa shape index (κ1) is 21.7.